The standard InChI is InChI=1S/C28H27N5O5/c34-26(18-6-7-18)31-24-16-22(12-13-29-24)38-21-10-8-19(9-11-21)30-27(35)25-23-17-37-15-14-32(23)33(28(25)36)20-4-2-1-3-5-20/h1-5,8-13,16,18,28,36H,6-7,14-15,17H2,(H,30,35)(H,29,31,34). The Kier molecular flexibility index (Phi) is 6.40. The summed E-state index contributed by atoms with van der Waals surface area (Å²) in [6, 6.07) is 19.7. The predicted octanol–water partition coefficient (Wildman–Crippen LogP) is 3.50. The highest BCUT2D eigenvalue weighted by atomic mass is 16.5. The third-order valence-corrected chi connectivity index (χ3v) is 6.60. The minimum Gasteiger partial charge on any atom is -0.457 e. The van der Waals surface area contributed by atoms with Crippen LogP contribution in [-0.4, -0.2) is 52.9 Å². The molecule has 0 radical (unpaired) electrons. The van der Waals surface area contributed by atoms with Crippen LogP contribution in [0.1, 0.15) is 12.8 Å². The number of nitrogens with zero attached hydrogens (tertiary/aromatic N) is 3. The van der Waals surface area contributed by atoms with E-state index in [-0.39, 0.29) is 24.0 Å². The Bertz CT molecular complexity index is 1370. The van der Waals surface area contributed by atoms with Crippen LogP contribution in [0, 0.1) is 5.92 Å². The van der Waals surface area contributed by atoms with Crippen LogP contribution in [0.25, 0.3) is 0 Å². The number of morpholine rings is 1. The van der Waals surface area contributed by atoms with Gasteiger partial charge >= 0.3 is 0 Å². The Morgan fingerprint density at radius 3 is 2.55 bits per heavy atom. The molecule has 10 heteroatoms. The SMILES string of the molecule is O=C(Nc1ccc(Oc2ccnc(NC(=O)C3CC3)c2)cc1)C1=C2COCCN2N(c2ccccc2)C1O. The van der Waals surface area contributed by atoms with Crippen molar-refractivity contribution in [2.75, 3.05) is 35.4 Å². The van der Waals surface area contributed by atoms with Gasteiger partial charge in [-0.1, -0.05) is 18.2 Å². The van der Waals surface area contributed by atoms with E-state index in [0.717, 1.165) is 18.5 Å². The fourth-order valence-corrected chi connectivity index (χ4v) is 4.55. The molecule has 1 unspecified atom stereocenters. The summed E-state index contributed by atoms with van der Waals surface area (Å²) in [4.78, 5) is 29.5. The fourth-order valence-electron chi connectivity index (χ4n) is 4.55. The van der Waals surface area contributed by atoms with Crippen molar-refractivity contribution in [2.45, 2.75) is 19.1 Å². The van der Waals surface area contributed by atoms with E-state index in [2.05, 4.69) is 15.6 Å². The molecule has 3 N–H and O–H groups in total. The van der Waals surface area contributed by atoms with Crippen LogP contribution in [-0.2, 0) is 14.3 Å². The number of hydrazine groups is 1. The summed E-state index contributed by atoms with van der Waals surface area (Å²) >= 11 is 0. The van der Waals surface area contributed by atoms with Crippen molar-refractivity contribution >= 4 is 29.0 Å². The van der Waals surface area contributed by atoms with E-state index in [1.165, 1.54) is 0 Å². The van der Waals surface area contributed by atoms with Gasteiger partial charge in [0.15, 0.2) is 6.23 Å². The molecule has 3 aliphatic rings. The molecule has 3 heterocycles. The summed E-state index contributed by atoms with van der Waals surface area (Å²) in [7, 11) is 0. The number of pyridine rings is 1. The van der Waals surface area contributed by atoms with Crippen molar-refractivity contribution < 1.29 is 24.2 Å². The van der Waals surface area contributed by atoms with Crippen LogP contribution in [0.4, 0.5) is 17.2 Å². The van der Waals surface area contributed by atoms with Gasteiger partial charge < -0.3 is 25.2 Å². The quantitative estimate of drug-likeness (QED) is 0.440. The molecule has 0 bridgehead atoms. The van der Waals surface area contributed by atoms with Gasteiger partial charge in [-0.25, -0.2) is 4.98 Å². The minimum absolute atomic E-state index is 0.0204. The highest BCUT2D eigenvalue weighted by Gasteiger charge is 2.42. The van der Waals surface area contributed by atoms with Gasteiger partial charge in [0, 0.05) is 23.9 Å². The number of hydrogen-bond donors (Lipinski definition) is 3. The molecule has 2 aromatic carbocycles. The number of hydrogen-bond acceptors (Lipinski definition) is 8. The average molecular weight is 514 g/mol. The number of anilines is 3. The third-order valence-electron chi connectivity index (χ3n) is 6.60. The monoisotopic (exact) mass is 513 g/mol. The van der Waals surface area contributed by atoms with Crippen molar-refractivity contribution in [3.05, 3.63) is 84.2 Å². The topological polar surface area (TPSA) is 116 Å². The van der Waals surface area contributed by atoms with Crippen LogP contribution >= 0.6 is 0 Å². The number of carbonyl (C=O) groups is 2. The third kappa shape index (κ3) is 4.91. The maximum absolute atomic E-state index is 13.3. The zero-order chi connectivity index (χ0) is 26.1. The smallest absolute Gasteiger partial charge is 0.258 e. The molecule has 1 saturated heterocycles. The molecule has 1 saturated carbocycles. The van der Waals surface area contributed by atoms with Crippen LogP contribution < -0.4 is 20.4 Å². The summed E-state index contributed by atoms with van der Waals surface area (Å²) in [6.45, 7) is 1.28. The van der Waals surface area contributed by atoms with Crippen molar-refractivity contribution in [3.63, 3.8) is 0 Å². The summed E-state index contributed by atoms with van der Waals surface area (Å²) in [5, 5.41) is 20.5. The maximum Gasteiger partial charge on any atom is 0.258 e. The Hall–Kier alpha value is -4.41. The second kappa shape index (κ2) is 10.2. The van der Waals surface area contributed by atoms with Crippen molar-refractivity contribution in [1.29, 1.82) is 0 Å². The largest absolute Gasteiger partial charge is 0.457 e. The van der Waals surface area contributed by atoms with E-state index in [1.807, 2.05) is 35.3 Å². The van der Waals surface area contributed by atoms with Crippen LogP contribution in [0.15, 0.2) is 84.2 Å². The summed E-state index contributed by atoms with van der Waals surface area (Å²) in [5.41, 5.74) is 2.24. The lowest BCUT2D eigenvalue weighted by atomic mass is 10.1. The molecule has 3 aromatic rings. The first-order valence-corrected chi connectivity index (χ1v) is 12.5. The van der Waals surface area contributed by atoms with E-state index in [1.54, 1.807) is 47.6 Å². The number of amides is 2. The number of carbonyl (C=O) groups excluding carboxylic acids is 2. The van der Waals surface area contributed by atoms with Gasteiger partial charge in [0.1, 0.15) is 17.3 Å². The number of aromatic nitrogens is 1. The van der Waals surface area contributed by atoms with Gasteiger partial charge in [-0.15, -0.1) is 0 Å². The first kappa shape index (κ1) is 24.0. The van der Waals surface area contributed by atoms with E-state index < -0.39 is 12.1 Å². The lowest BCUT2D eigenvalue weighted by Gasteiger charge is -2.37. The molecule has 10 nitrogen and oxygen atoms in total. The summed E-state index contributed by atoms with van der Waals surface area (Å²) in [6.07, 6.45) is 2.27. The van der Waals surface area contributed by atoms with E-state index in [4.69, 9.17) is 9.47 Å². The van der Waals surface area contributed by atoms with E-state index in [9.17, 15) is 14.7 Å². The molecule has 0 spiro atoms. The molecule has 2 fully saturated rings. The normalized spacial score (nSPS) is 18.7. The lowest BCUT2D eigenvalue weighted by molar-refractivity contribution is -0.117. The summed E-state index contributed by atoms with van der Waals surface area (Å²) in [5.74, 6) is 1.19. The number of aliphatic hydroxyl groups is 1. The number of aliphatic hydroxyl groups excluding tert-OH is 1. The number of nitrogens with one attached hydrogen (secondary N) is 2. The number of ether oxygens (including phenoxy) is 2. The molecule has 2 aliphatic heterocycles. The second-order valence-corrected chi connectivity index (χ2v) is 9.31. The molecule has 194 valence electrons. The van der Waals surface area contributed by atoms with Crippen molar-refractivity contribution in [2.24, 2.45) is 5.92 Å². The molecule has 6 rings (SSSR count). The first-order chi connectivity index (χ1) is 18.6. The van der Waals surface area contributed by atoms with Crippen LogP contribution in [0.5, 0.6) is 11.5 Å². The fraction of sp³-hybridized carbons (Fsp3) is 0.250. The van der Waals surface area contributed by atoms with E-state index in [0.29, 0.717) is 41.9 Å². The summed E-state index contributed by atoms with van der Waals surface area (Å²) < 4.78 is 11.5. The van der Waals surface area contributed by atoms with Gasteiger partial charge in [0.05, 0.1) is 36.7 Å². The molecule has 1 aliphatic carbocycles. The zero-order valence-corrected chi connectivity index (χ0v) is 20.5. The highest BCUT2D eigenvalue weighted by Crippen LogP contribution is 2.35. The Morgan fingerprint density at radius 2 is 1.79 bits per heavy atom. The lowest BCUT2D eigenvalue weighted by Crippen LogP contribution is -2.47. The van der Waals surface area contributed by atoms with Crippen molar-refractivity contribution in [3.8, 4) is 11.5 Å². The van der Waals surface area contributed by atoms with E-state index >= 15 is 0 Å². The van der Waals surface area contributed by atoms with Crippen LogP contribution in [0.2, 0.25) is 0 Å². The average Bonchev–Trinajstić information content (AvgIpc) is 3.74. The molecular formula is C28H27N5O5. The van der Waals surface area contributed by atoms with Gasteiger partial charge in [-0.2, -0.15) is 0 Å². The van der Waals surface area contributed by atoms with Gasteiger partial charge in [0.2, 0.25) is 5.91 Å². The molecular weight excluding hydrogens is 486 g/mol. The Labute approximate surface area is 219 Å². The molecule has 2 amide bonds. The minimum atomic E-state index is -1.14. The van der Waals surface area contributed by atoms with Gasteiger partial charge in [-0.3, -0.25) is 19.6 Å². The molecule has 1 aromatic heterocycles. The first-order valence-electron chi connectivity index (χ1n) is 12.5. The maximum atomic E-state index is 13.3. The number of para-hydroxylation sites is 1. The second-order valence-electron chi connectivity index (χ2n) is 9.31. The zero-order valence-electron chi connectivity index (χ0n) is 20.5. The Morgan fingerprint density at radius 1 is 1.00 bits per heavy atom. The molecule has 1 atom stereocenters. The number of rotatable bonds is 7. The highest BCUT2D eigenvalue weighted by molar-refractivity contribution is 6.06. The number of benzene rings is 2. The predicted molar refractivity (Wildman–Crippen MR) is 140 cm³/mol. The number of fused-ring (bicyclic) bond motifs is 1. The Balaban J connectivity index is 1.13. The molecule has 38 heavy (non-hydrogen) atoms. The van der Waals surface area contributed by atoms with Gasteiger partial charge in [0.25, 0.3) is 5.91 Å². The van der Waals surface area contributed by atoms with Gasteiger partial charge in [-0.05, 0) is 55.3 Å². The van der Waals surface area contributed by atoms with Crippen LogP contribution in [0.3, 0.4) is 0 Å². The van der Waals surface area contributed by atoms with Crippen molar-refractivity contribution in [1.82, 2.24) is 9.99 Å².